The molecule has 0 saturated carbocycles. The molecule has 1 rings (SSSR count). The zero-order valence-electron chi connectivity index (χ0n) is 10.2. The number of amides is 1. The van der Waals surface area contributed by atoms with Crippen LogP contribution in [0.2, 0.25) is 0 Å². The number of carbonyl (C=O) groups excluding carboxylic acids is 2. The molecule has 0 saturated heterocycles. The first-order chi connectivity index (χ1) is 9.04. The second-order valence-corrected chi connectivity index (χ2v) is 4.34. The number of carbonyl (C=O) groups is 2. The van der Waals surface area contributed by atoms with Gasteiger partial charge in [-0.2, -0.15) is 8.78 Å². The van der Waals surface area contributed by atoms with Gasteiger partial charge in [0.2, 0.25) is 0 Å². The molecule has 0 aromatic carbocycles. The van der Waals surface area contributed by atoms with E-state index in [0.29, 0.717) is 6.42 Å². The van der Waals surface area contributed by atoms with Crippen molar-refractivity contribution >= 4 is 23.2 Å². The number of rotatable bonds is 7. The van der Waals surface area contributed by atoms with Crippen LogP contribution in [0, 0.1) is 0 Å². The Morgan fingerprint density at radius 1 is 1.47 bits per heavy atom. The first-order valence-corrected chi connectivity index (χ1v) is 6.30. The molecule has 5 nitrogen and oxygen atoms in total. The number of hydrogen-bond donors (Lipinski definition) is 1. The molecular weight excluding hydrogens is 280 g/mol. The Labute approximate surface area is 112 Å². The highest BCUT2D eigenvalue weighted by atomic mass is 32.1. The van der Waals surface area contributed by atoms with Crippen LogP contribution in [-0.4, -0.2) is 32.1 Å². The van der Waals surface area contributed by atoms with Crippen molar-refractivity contribution in [2.75, 3.05) is 13.7 Å². The van der Waals surface area contributed by atoms with Crippen molar-refractivity contribution in [3.05, 3.63) is 16.3 Å². The van der Waals surface area contributed by atoms with Gasteiger partial charge in [-0.1, -0.05) is 0 Å². The van der Waals surface area contributed by atoms with Gasteiger partial charge in [0, 0.05) is 13.0 Å². The molecule has 0 unspecified atom stereocenters. The summed E-state index contributed by atoms with van der Waals surface area (Å²) >= 11 is 1.01. The number of ether oxygens (including phenoxy) is 2. The zero-order valence-corrected chi connectivity index (χ0v) is 11.0. The van der Waals surface area contributed by atoms with Crippen LogP contribution in [0.15, 0.2) is 11.4 Å². The van der Waals surface area contributed by atoms with Gasteiger partial charge in [-0.05, 0) is 17.9 Å². The van der Waals surface area contributed by atoms with E-state index in [0.717, 1.165) is 11.3 Å². The number of alkyl halides is 2. The lowest BCUT2D eigenvalue weighted by molar-refractivity contribution is -0.140. The molecule has 1 aromatic rings. The molecule has 1 amide bonds. The van der Waals surface area contributed by atoms with Crippen LogP contribution in [0.1, 0.15) is 22.5 Å². The molecule has 8 heteroatoms. The summed E-state index contributed by atoms with van der Waals surface area (Å²) in [5.74, 6) is -1.02. The van der Waals surface area contributed by atoms with Crippen LogP contribution in [0.5, 0.6) is 5.75 Å². The number of hydrogen-bond acceptors (Lipinski definition) is 5. The highest BCUT2D eigenvalue weighted by Gasteiger charge is 2.17. The molecule has 0 fully saturated rings. The number of halogens is 2. The monoisotopic (exact) mass is 293 g/mol. The maximum absolute atomic E-state index is 12.1. The Balaban J connectivity index is 2.41. The average molecular weight is 293 g/mol. The fourth-order valence-electron chi connectivity index (χ4n) is 1.27. The number of methoxy groups -OCH3 is 1. The Kier molecular flexibility index (Phi) is 6.20. The van der Waals surface area contributed by atoms with Gasteiger partial charge in [-0.3, -0.25) is 9.59 Å². The Morgan fingerprint density at radius 2 is 2.21 bits per heavy atom. The van der Waals surface area contributed by atoms with E-state index in [1.54, 1.807) is 0 Å². The minimum absolute atomic E-state index is 0.0818. The van der Waals surface area contributed by atoms with Gasteiger partial charge in [0.1, 0.15) is 10.6 Å². The van der Waals surface area contributed by atoms with E-state index in [1.807, 2.05) is 0 Å². The van der Waals surface area contributed by atoms with Gasteiger partial charge in [-0.15, -0.1) is 11.3 Å². The van der Waals surface area contributed by atoms with E-state index >= 15 is 0 Å². The lowest BCUT2D eigenvalue weighted by atomic mass is 10.3. The lowest BCUT2D eigenvalue weighted by Crippen LogP contribution is -2.24. The van der Waals surface area contributed by atoms with Crippen molar-refractivity contribution in [3.63, 3.8) is 0 Å². The molecule has 0 radical (unpaired) electrons. The van der Waals surface area contributed by atoms with Gasteiger partial charge < -0.3 is 14.8 Å². The Morgan fingerprint density at radius 3 is 2.84 bits per heavy atom. The Bertz CT molecular complexity index is 436. The molecule has 0 aliphatic rings. The quantitative estimate of drug-likeness (QED) is 0.617. The van der Waals surface area contributed by atoms with Gasteiger partial charge in [0.05, 0.1) is 7.11 Å². The van der Waals surface area contributed by atoms with Crippen LogP contribution in [-0.2, 0) is 9.53 Å². The normalized spacial score (nSPS) is 10.3. The number of thiophene rings is 1. The van der Waals surface area contributed by atoms with Crippen LogP contribution >= 0.6 is 11.3 Å². The first-order valence-electron chi connectivity index (χ1n) is 5.42. The third-order valence-corrected chi connectivity index (χ3v) is 3.02. The molecular formula is C11H13F2NO4S. The largest absolute Gasteiger partial charge is 0.469 e. The first kappa shape index (κ1) is 15.4. The summed E-state index contributed by atoms with van der Waals surface area (Å²) in [5.41, 5.74) is 0. The fraction of sp³-hybridized carbons (Fsp3) is 0.455. The molecule has 0 aliphatic heterocycles. The van der Waals surface area contributed by atoms with Crippen molar-refractivity contribution in [3.8, 4) is 5.75 Å². The summed E-state index contributed by atoms with van der Waals surface area (Å²) in [5, 5.41) is 4.00. The molecule has 1 N–H and O–H groups in total. The predicted octanol–water partition coefficient (Wildman–Crippen LogP) is 2.03. The molecule has 1 heterocycles. The van der Waals surface area contributed by atoms with Gasteiger partial charge >= 0.3 is 12.6 Å². The summed E-state index contributed by atoms with van der Waals surface area (Å²) in [4.78, 5) is 22.6. The Hall–Kier alpha value is -1.70. The maximum atomic E-state index is 12.1. The van der Waals surface area contributed by atoms with E-state index in [2.05, 4.69) is 14.8 Å². The second kappa shape index (κ2) is 7.67. The second-order valence-electron chi connectivity index (χ2n) is 3.43. The average Bonchev–Trinajstić information content (AvgIpc) is 2.81. The number of nitrogens with one attached hydrogen (secondary N) is 1. The minimum Gasteiger partial charge on any atom is -0.469 e. The van der Waals surface area contributed by atoms with Crippen molar-refractivity contribution in [2.45, 2.75) is 19.5 Å². The molecule has 19 heavy (non-hydrogen) atoms. The summed E-state index contributed by atoms with van der Waals surface area (Å²) in [6.07, 6.45) is 0.594. The third-order valence-electron chi connectivity index (χ3n) is 2.12. The lowest BCUT2D eigenvalue weighted by Gasteiger charge is -2.06. The topological polar surface area (TPSA) is 64.6 Å². The van der Waals surface area contributed by atoms with E-state index in [9.17, 15) is 18.4 Å². The molecule has 0 spiro atoms. The maximum Gasteiger partial charge on any atom is 0.387 e. The smallest absolute Gasteiger partial charge is 0.387 e. The van der Waals surface area contributed by atoms with Gasteiger partial charge in [0.15, 0.2) is 0 Å². The minimum atomic E-state index is -2.97. The zero-order chi connectivity index (χ0) is 14.3. The van der Waals surface area contributed by atoms with Crippen LogP contribution < -0.4 is 10.1 Å². The summed E-state index contributed by atoms with van der Waals surface area (Å²) in [6.45, 7) is -2.72. The summed E-state index contributed by atoms with van der Waals surface area (Å²) in [7, 11) is 1.28. The van der Waals surface area contributed by atoms with E-state index < -0.39 is 12.5 Å². The van der Waals surface area contributed by atoms with Crippen LogP contribution in [0.25, 0.3) is 0 Å². The number of esters is 1. The third kappa shape index (κ3) is 5.21. The fourth-order valence-corrected chi connectivity index (χ4v) is 2.01. The summed E-state index contributed by atoms with van der Waals surface area (Å²) in [6, 6.07) is 1.31. The van der Waals surface area contributed by atoms with Crippen molar-refractivity contribution in [1.82, 2.24) is 5.32 Å². The van der Waals surface area contributed by atoms with Crippen molar-refractivity contribution in [2.24, 2.45) is 0 Å². The van der Waals surface area contributed by atoms with E-state index in [-0.39, 0.29) is 29.6 Å². The van der Waals surface area contributed by atoms with Gasteiger partial charge in [-0.25, -0.2) is 0 Å². The van der Waals surface area contributed by atoms with Crippen LogP contribution in [0.4, 0.5) is 8.78 Å². The van der Waals surface area contributed by atoms with Crippen LogP contribution in [0.3, 0.4) is 0 Å². The van der Waals surface area contributed by atoms with E-state index in [1.165, 1.54) is 18.6 Å². The highest BCUT2D eigenvalue weighted by Crippen LogP contribution is 2.26. The molecule has 0 bridgehead atoms. The standard InChI is InChI=1S/C11H13F2NO4S/c1-17-8(15)3-2-5-14-10(16)9-7(4-6-19-9)18-11(12)13/h4,6,11H,2-3,5H2,1H3,(H,14,16). The molecule has 0 aliphatic carbocycles. The van der Waals surface area contributed by atoms with E-state index in [4.69, 9.17) is 0 Å². The predicted molar refractivity (Wildman–Crippen MR) is 64.5 cm³/mol. The summed E-state index contributed by atoms with van der Waals surface area (Å²) < 4.78 is 32.8. The molecule has 1 aromatic heterocycles. The van der Waals surface area contributed by atoms with Gasteiger partial charge in [0.25, 0.3) is 5.91 Å². The highest BCUT2D eigenvalue weighted by molar-refractivity contribution is 7.12. The molecule has 106 valence electrons. The van der Waals surface area contributed by atoms with Crippen molar-refractivity contribution < 1.29 is 27.8 Å². The SMILES string of the molecule is COC(=O)CCCNC(=O)c1sccc1OC(F)F. The van der Waals surface area contributed by atoms with Crippen molar-refractivity contribution in [1.29, 1.82) is 0 Å². The molecule has 0 atom stereocenters.